The Morgan fingerprint density at radius 3 is 2.00 bits per heavy atom. The minimum Gasteiger partial charge on any atom is -0.508 e. The van der Waals surface area contributed by atoms with Gasteiger partial charge in [0.1, 0.15) is 5.75 Å². The molecule has 0 aliphatic heterocycles. The van der Waals surface area contributed by atoms with Crippen molar-refractivity contribution >= 4 is 6.16 Å². The zero-order chi connectivity index (χ0) is 10.3. The summed E-state index contributed by atoms with van der Waals surface area (Å²) < 4.78 is 0. The summed E-state index contributed by atoms with van der Waals surface area (Å²) in [5.41, 5.74) is 0.567. The van der Waals surface area contributed by atoms with Gasteiger partial charge in [0, 0.05) is 5.56 Å². The van der Waals surface area contributed by atoms with Crippen molar-refractivity contribution in [1.82, 2.24) is 0 Å². The Kier molecular flexibility index (Phi) is 5.06. The molecule has 5 nitrogen and oxygen atoms in total. The number of carbonyl (C=O) groups is 1. The Balaban J connectivity index is 0.000000310. The van der Waals surface area contributed by atoms with E-state index >= 15 is 0 Å². The van der Waals surface area contributed by atoms with Gasteiger partial charge in [-0.05, 0) is 6.07 Å². The second kappa shape index (κ2) is 5.84. The maximum absolute atomic E-state index is 8.95. The predicted molar refractivity (Wildman–Crippen MR) is 44.7 cm³/mol. The summed E-state index contributed by atoms with van der Waals surface area (Å²) in [6.07, 6.45) is -1.83. The van der Waals surface area contributed by atoms with Crippen molar-refractivity contribution < 1.29 is 25.2 Å². The lowest BCUT2D eigenvalue weighted by Crippen LogP contribution is -1.81. The minimum atomic E-state index is -1.83. The van der Waals surface area contributed by atoms with Crippen LogP contribution in [0.25, 0.3) is 0 Å². The second-order valence-electron chi connectivity index (χ2n) is 2.07. The highest BCUT2D eigenvalue weighted by Crippen LogP contribution is 2.14. The van der Waals surface area contributed by atoms with E-state index < -0.39 is 6.16 Å². The molecule has 72 valence electrons. The third-order valence-corrected chi connectivity index (χ3v) is 1.16. The van der Waals surface area contributed by atoms with Crippen molar-refractivity contribution in [3.8, 4) is 5.75 Å². The number of aliphatic hydroxyl groups is 1. The van der Waals surface area contributed by atoms with Crippen molar-refractivity contribution in [2.75, 3.05) is 0 Å². The third kappa shape index (κ3) is 5.51. The van der Waals surface area contributed by atoms with Crippen molar-refractivity contribution in [1.29, 1.82) is 0 Å². The molecule has 0 heterocycles. The van der Waals surface area contributed by atoms with Gasteiger partial charge in [-0.25, -0.2) is 4.79 Å². The Morgan fingerprint density at radius 2 is 1.69 bits per heavy atom. The number of hydrogen-bond acceptors (Lipinski definition) is 3. The fraction of sp³-hybridized carbons (Fsp3) is 0.125. The number of carboxylic acid groups (broad SMARTS) is 2. The number of phenols is 1. The zero-order valence-electron chi connectivity index (χ0n) is 6.71. The van der Waals surface area contributed by atoms with Crippen LogP contribution in [0.3, 0.4) is 0 Å². The van der Waals surface area contributed by atoms with Crippen LogP contribution in [0.1, 0.15) is 5.56 Å². The highest BCUT2D eigenvalue weighted by Gasteiger charge is 1.93. The largest absolute Gasteiger partial charge is 0.508 e. The minimum absolute atomic E-state index is 0.104. The Morgan fingerprint density at radius 1 is 1.23 bits per heavy atom. The van der Waals surface area contributed by atoms with Crippen molar-refractivity contribution in [2.45, 2.75) is 6.61 Å². The molecule has 0 aliphatic rings. The van der Waals surface area contributed by atoms with Crippen molar-refractivity contribution in [3.05, 3.63) is 29.8 Å². The number of rotatable bonds is 1. The molecule has 13 heavy (non-hydrogen) atoms. The van der Waals surface area contributed by atoms with E-state index in [1.807, 2.05) is 0 Å². The van der Waals surface area contributed by atoms with E-state index in [-0.39, 0.29) is 12.4 Å². The van der Waals surface area contributed by atoms with E-state index in [1.54, 1.807) is 24.3 Å². The van der Waals surface area contributed by atoms with Gasteiger partial charge in [0.25, 0.3) is 0 Å². The maximum atomic E-state index is 8.95. The smallest absolute Gasteiger partial charge is 0.503 e. The summed E-state index contributed by atoms with van der Waals surface area (Å²) in [5.74, 6) is 0.153. The molecule has 1 rings (SSSR count). The Labute approximate surface area is 74.5 Å². The first-order valence-electron chi connectivity index (χ1n) is 3.37. The van der Waals surface area contributed by atoms with Crippen LogP contribution in [0.5, 0.6) is 5.75 Å². The lowest BCUT2D eigenvalue weighted by atomic mass is 10.2. The van der Waals surface area contributed by atoms with Crippen LogP contribution in [-0.2, 0) is 6.61 Å². The Hall–Kier alpha value is -1.75. The SMILES string of the molecule is O=C(O)O.OCc1ccccc1O. The summed E-state index contributed by atoms with van der Waals surface area (Å²) in [5, 5.41) is 31.5. The quantitative estimate of drug-likeness (QED) is 0.526. The highest BCUT2D eigenvalue weighted by atomic mass is 16.6. The molecule has 1 aromatic rings. The molecule has 0 saturated carbocycles. The van der Waals surface area contributed by atoms with Gasteiger partial charge >= 0.3 is 6.16 Å². The van der Waals surface area contributed by atoms with Gasteiger partial charge in [0.05, 0.1) is 6.61 Å². The number of benzene rings is 1. The summed E-state index contributed by atoms with van der Waals surface area (Å²) in [6, 6.07) is 6.71. The molecule has 1 aromatic carbocycles. The van der Waals surface area contributed by atoms with Gasteiger partial charge in [-0.2, -0.15) is 0 Å². The molecule has 0 bridgehead atoms. The first-order chi connectivity index (χ1) is 6.07. The second-order valence-corrected chi connectivity index (χ2v) is 2.07. The summed E-state index contributed by atoms with van der Waals surface area (Å²) in [6.45, 7) is -0.104. The summed E-state index contributed by atoms with van der Waals surface area (Å²) >= 11 is 0. The van der Waals surface area contributed by atoms with Gasteiger partial charge in [0.15, 0.2) is 0 Å². The molecular formula is C8H10O5. The molecule has 0 saturated heterocycles. The number of hydrogen-bond donors (Lipinski definition) is 4. The average Bonchev–Trinajstić information content (AvgIpc) is 2.04. The number of aromatic hydroxyl groups is 1. The summed E-state index contributed by atoms with van der Waals surface area (Å²) in [7, 11) is 0. The third-order valence-electron chi connectivity index (χ3n) is 1.16. The average molecular weight is 186 g/mol. The highest BCUT2D eigenvalue weighted by molar-refractivity contribution is 5.53. The molecule has 0 spiro atoms. The molecule has 0 aliphatic carbocycles. The molecule has 0 radical (unpaired) electrons. The summed E-state index contributed by atoms with van der Waals surface area (Å²) in [4.78, 5) is 8.56. The van der Waals surface area contributed by atoms with Crippen LogP contribution >= 0.6 is 0 Å². The topological polar surface area (TPSA) is 98.0 Å². The monoisotopic (exact) mass is 186 g/mol. The van der Waals surface area contributed by atoms with Crippen LogP contribution in [0, 0.1) is 0 Å². The first-order valence-corrected chi connectivity index (χ1v) is 3.37. The predicted octanol–water partition coefficient (Wildman–Crippen LogP) is 1.11. The van der Waals surface area contributed by atoms with Crippen molar-refractivity contribution in [3.63, 3.8) is 0 Å². The number of para-hydroxylation sites is 1. The van der Waals surface area contributed by atoms with Gasteiger partial charge in [-0.15, -0.1) is 0 Å². The van der Waals surface area contributed by atoms with E-state index in [0.29, 0.717) is 5.56 Å². The van der Waals surface area contributed by atoms with Gasteiger partial charge in [-0.3, -0.25) is 0 Å². The molecular weight excluding hydrogens is 176 g/mol. The molecule has 0 amide bonds. The molecule has 5 heteroatoms. The number of aliphatic hydroxyl groups excluding tert-OH is 1. The fourth-order valence-corrected chi connectivity index (χ4v) is 0.645. The van der Waals surface area contributed by atoms with Gasteiger partial charge in [-0.1, -0.05) is 18.2 Å². The van der Waals surface area contributed by atoms with E-state index in [9.17, 15) is 0 Å². The molecule has 0 unspecified atom stereocenters. The lowest BCUT2D eigenvalue weighted by Gasteiger charge is -1.96. The zero-order valence-corrected chi connectivity index (χ0v) is 6.71. The lowest BCUT2D eigenvalue weighted by molar-refractivity contribution is 0.137. The van der Waals surface area contributed by atoms with Crippen molar-refractivity contribution in [2.24, 2.45) is 0 Å². The maximum Gasteiger partial charge on any atom is 0.503 e. The van der Waals surface area contributed by atoms with E-state index in [0.717, 1.165) is 0 Å². The van der Waals surface area contributed by atoms with Gasteiger partial charge < -0.3 is 20.4 Å². The van der Waals surface area contributed by atoms with E-state index in [4.69, 9.17) is 25.2 Å². The van der Waals surface area contributed by atoms with Crippen LogP contribution in [0.2, 0.25) is 0 Å². The molecule has 0 atom stereocenters. The fourth-order valence-electron chi connectivity index (χ4n) is 0.645. The molecule has 4 N–H and O–H groups in total. The van der Waals surface area contributed by atoms with E-state index in [1.165, 1.54) is 0 Å². The normalized spacial score (nSPS) is 8.38. The van der Waals surface area contributed by atoms with Gasteiger partial charge in [0.2, 0.25) is 0 Å². The first kappa shape index (κ1) is 11.2. The van der Waals surface area contributed by atoms with Crippen LogP contribution in [0.4, 0.5) is 4.79 Å². The molecule has 0 aromatic heterocycles. The molecule has 0 fully saturated rings. The van der Waals surface area contributed by atoms with Crippen LogP contribution in [0.15, 0.2) is 24.3 Å². The van der Waals surface area contributed by atoms with E-state index in [2.05, 4.69) is 0 Å². The Bertz CT molecular complexity index is 267. The van der Waals surface area contributed by atoms with Crippen LogP contribution < -0.4 is 0 Å². The standard InChI is InChI=1S/C7H8O2.CH2O3/c8-5-6-3-1-2-4-7(6)9;2-1(3)4/h1-4,8-9H,5H2;(H2,2,3,4). The van der Waals surface area contributed by atoms with Crippen LogP contribution in [-0.4, -0.2) is 26.6 Å².